The fourth-order valence-corrected chi connectivity index (χ4v) is 0.856. The maximum Gasteiger partial charge on any atom is 0.485 e. The number of benzene rings is 1. The van der Waals surface area contributed by atoms with Crippen LogP contribution in [0.1, 0.15) is 0 Å². The summed E-state index contributed by atoms with van der Waals surface area (Å²) in [5.74, 6) is 0. The van der Waals surface area contributed by atoms with Crippen LogP contribution in [0.15, 0.2) is 18.2 Å². The molecule has 0 fully saturated rings. The molecule has 0 heterocycles. The van der Waals surface area contributed by atoms with Crippen molar-refractivity contribution in [1.82, 2.24) is 0 Å². The molecule has 17 heavy (non-hydrogen) atoms. The van der Waals surface area contributed by atoms with Gasteiger partial charge in [0.25, 0.3) is 0 Å². The van der Waals surface area contributed by atoms with Crippen LogP contribution in [0, 0.1) is 0 Å². The van der Waals surface area contributed by atoms with Crippen LogP contribution in [0.25, 0.3) is 0 Å². The molecule has 0 aliphatic rings. The van der Waals surface area contributed by atoms with Gasteiger partial charge in [-0.25, -0.2) is 8.42 Å². The predicted molar refractivity (Wildman–Crippen MR) is 54.8 cm³/mol. The first kappa shape index (κ1) is 16.5. The second kappa shape index (κ2) is 5.87. The van der Waals surface area contributed by atoms with Crippen molar-refractivity contribution in [2.24, 2.45) is 0 Å². The molecule has 0 bridgehead atoms. The number of quaternary nitrogens is 1. The Morgan fingerprint density at radius 2 is 1.65 bits per heavy atom. The summed E-state index contributed by atoms with van der Waals surface area (Å²) in [7, 11) is -6.09. The minimum Gasteiger partial charge on any atom is -0.741 e. The van der Waals surface area contributed by atoms with Gasteiger partial charge in [-0.15, -0.1) is 0 Å². The van der Waals surface area contributed by atoms with Crippen LogP contribution >= 0.6 is 23.2 Å². The summed E-state index contributed by atoms with van der Waals surface area (Å²) in [6, 6.07) is 5.19. The summed E-state index contributed by atoms with van der Waals surface area (Å²) in [5, 5.41) is 1.32. The van der Waals surface area contributed by atoms with E-state index in [4.69, 9.17) is 36.2 Å². The van der Waals surface area contributed by atoms with E-state index in [1.807, 2.05) is 0 Å². The maximum atomic E-state index is 10.7. The van der Waals surface area contributed by atoms with E-state index in [0.29, 0.717) is 10.0 Å². The number of hydrogen-bond donors (Lipinski definition) is 1. The van der Waals surface area contributed by atoms with Crippen molar-refractivity contribution in [1.29, 1.82) is 0 Å². The zero-order valence-electron chi connectivity index (χ0n) is 7.96. The van der Waals surface area contributed by atoms with Crippen molar-refractivity contribution in [3.8, 4) is 0 Å². The monoisotopic (exact) mass is 311 g/mol. The van der Waals surface area contributed by atoms with Gasteiger partial charge in [0.2, 0.25) is 0 Å². The van der Waals surface area contributed by atoms with Crippen molar-refractivity contribution in [2.75, 3.05) is 0 Å². The lowest BCUT2D eigenvalue weighted by Crippen LogP contribution is -2.40. The minimum atomic E-state index is -6.09. The van der Waals surface area contributed by atoms with E-state index in [-0.39, 0.29) is 0 Å². The predicted octanol–water partition coefficient (Wildman–Crippen LogP) is 1.92. The average Bonchev–Trinajstić information content (AvgIpc) is 2.09. The van der Waals surface area contributed by atoms with Crippen LogP contribution < -0.4 is 5.73 Å². The molecule has 0 aliphatic heterocycles. The van der Waals surface area contributed by atoms with Crippen molar-refractivity contribution in [3.05, 3.63) is 28.2 Å². The summed E-state index contributed by atoms with van der Waals surface area (Å²) in [5.41, 5.74) is -1.21. The molecule has 0 saturated heterocycles. The van der Waals surface area contributed by atoms with Gasteiger partial charge >= 0.3 is 5.51 Å². The fraction of sp³-hybridized carbons (Fsp3) is 0.143. The van der Waals surface area contributed by atoms with Gasteiger partial charge in [-0.1, -0.05) is 23.2 Å². The standard InChI is InChI=1S/C6H5Cl2N.CHF3O3S/c7-4-1-2-5(8)6(9)3-4;2-1(3,4)8(5,6)7/h1-3H,9H2;(H,5,6,7). The molecule has 1 aromatic rings. The van der Waals surface area contributed by atoms with Crippen LogP contribution in [0.2, 0.25) is 10.0 Å². The molecular weight excluding hydrogens is 306 g/mol. The average molecular weight is 312 g/mol. The van der Waals surface area contributed by atoms with Gasteiger partial charge in [-0.05, 0) is 12.1 Å². The third-order valence-corrected chi connectivity index (χ3v) is 2.46. The largest absolute Gasteiger partial charge is 0.741 e. The molecule has 98 valence electrons. The molecule has 0 aromatic heterocycles. The van der Waals surface area contributed by atoms with Gasteiger partial charge in [0.1, 0.15) is 10.7 Å². The third-order valence-electron chi connectivity index (χ3n) is 1.29. The lowest BCUT2D eigenvalue weighted by molar-refractivity contribution is -0.254. The van der Waals surface area contributed by atoms with Gasteiger partial charge in [0, 0.05) is 11.1 Å². The van der Waals surface area contributed by atoms with Crippen LogP contribution in [-0.4, -0.2) is 18.5 Å². The van der Waals surface area contributed by atoms with E-state index in [2.05, 4.69) is 5.73 Å². The lowest BCUT2D eigenvalue weighted by Gasteiger charge is -2.08. The second-order valence-corrected chi connectivity index (χ2v) is 4.85. The van der Waals surface area contributed by atoms with Gasteiger partial charge < -0.3 is 10.3 Å². The number of rotatable bonds is 0. The van der Waals surface area contributed by atoms with Crippen molar-refractivity contribution >= 4 is 39.0 Å². The highest BCUT2D eigenvalue weighted by Crippen LogP contribution is 2.21. The Hall–Kier alpha value is -0.540. The number of halogens is 5. The van der Waals surface area contributed by atoms with Crippen LogP contribution in [-0.2, 0) is 10.1 Å². The normalized spacial score (nSPS) is 11.7. The Kier molecular flexibility index (Phi) is 5.69. The molecule has 0 saturated carbocycles. The van der Waals surface area contributed by atoms with E-state index in [0.717, 1.165) is 5.69 Å². The first-order valence-electron chi connectivity index (χ1n) is 3.74. The molecule has 4 nitrogen and oxygen atoms in total. The Morgan fingerprint density at radius 3 is 1.88 bits per heavy atom. The summed E-state index contributed by atoms with van der Waals surface area (Å²) < 4.78 is 58.9. The van der Waals surface area contributed by atoms with Gasteiger partial charge in [0.05, 0.1) is 0 Å². The molecule has 0 aliphatic carbocycles. The first-order valence-corrected chi connectivity index (χ1v) is 5.90. The number of hydrogen-bond acceptors (Lipinski definition) is 3. The number of alkyl halides is 3. The van der Waals surface area contributed by atoms with Crippen molar-refractivity contribution in [3.63, 3.8) is 0 Å². The highest BCUT2D eigenvalue weighted by molar-refractivity contribution is 7.86. The summed E-state index contributed by atoms with van der Waals surface area (Å²) in [6.07, 6.45) is 0. The van der Waals surface area contributed by atoms with Gasteiger partial charge in [-0.2, -0.15) is 13.2 Å². The van der Waals surface area contributed by atoms with Gasteiger partial charge in [-0.3, -0.25) is 0 Å². The van der Waals surface area contributed by atoms with Crippen LogP contribution in [0.3, 0.4) is 0 Å². The molecular formula is C7H6Cl2F3NO3S. The fourth-order valence-electron chi connectivity index (χ4n) is 0.543. The first-order chi connectivity index (χ1) is 7.45. The molecule has 0 atom stereocenters. The zero-order chi connectivity index (χ0) is 13.9. The smallest absolute Gasteiger partial charge is 0.485 e. The second-order valence-electron chi connectivity index (χ2n) is 2.64. The molecule has 0 unspecified atom stereocenters. The highest BCUT2D eigenvalue weighted by Gasteiger charge is 2.36. The molecule has 1 aromatic carbocycles. The van der Waals surface area contributed by atoms with E-state index in [1.165, 1.54) is 0 Å². The molecule has 1 rings (SSSR count). The molecule has 0 amide bonds. The Balaban J connectivity index is 0.000000304. The Bertz CT molecular complexity index is 490. The van der Waals surface area contributed by atoms with E-state index >= 15 is 0 Å². The SMILES string of the molecule is O=S(=O)([O-])C(F)(F)F.[NH3+]c1cc(Cl)ccc1Cl. The minimum absolute atomic E-state index is 0.652. The Labute approximate surface area is 105 Å². The van der Waals surface area contributed by atoms with Crippen LogP contribution in [0.4, 0.5) is 18.9 Å². The summed E-state index contributed by atoms with van der Waals surface area (Å²) in [4.78, 5) is 0. The summed E-state index contributed by atoms with van der Waals surface area (Å²) >= 11 is 11.3. The third kappa shape index (κ3) is 6.08. The zero-order valence-corrected chi connectivity index (χ0v) is 10.3. The molecule has 10 heteroatoms. The highest BCUT2D eigenvalue weighted by atomic mass is 35.5. The van der Waals surface area contributed by atoms with Crippen LogP contribution in [0.5, 0.6) is 0 Å². The molecule has 0 radical (unpaired) electrons. The molecule has 3 N–H and O–H groups in total. The quantitative estimate of drug-likeness (QED) is 0.586. The maximum absolute atomic E-state index is 10.7. The van der Waals surface area contributed by atoms with E-state index in [1.54, 1.807) is 18.2 Å². The lowest BCUT2D eigenvalue weighted by atomic mass is 10.3. The Morgan fingerprint density at radius 1 is 1.24 bits per heavy atom. The topological polar surface area (TPSA) is 84.8 Å². The molecule has 0 spiro atoms. The van der Waals surface area contributed by atoms with E-state index in [9.17, 15) is 13.2 Å². The summed E-state index contributed by atoms with van der Waals surface area (Å²) in [6.45, 7) is 0. The van der Waals surface area contributed by atoms with Crippen molar-refractivity contribution in [2.45, 2.75) is 5.51 Å². The van der Waals surface area contributed by atoms with Crippen molar-refractivity contribution < 1.29 is 31.9 Å². The van der Waals surface area contributed by atoms with Gasteiger partial charge in [0.15, 0.2) is 10.1 Å². The van der Waals surface area contributed by atoms with E-state index < -0.39 is 15.6 Å².